The fourth-order valence-corrected chi connectivity index (χ4v) is 3.31. The van der Waals surface area contributed by atoms with E-state index in [0.29, 0.717) is 16.9 Å². The van der Waals surface area contributed by atoms with Crippen LogP contribution in [0.4, 0.5) is 17.1 Å². The number of fused-ring (bicyclic) bond motifs is 2. The average molecular weight is 410 g/mol. The predicted octanol–water partition coefficient (Wildman–Crippen LogP) is 1.99. The second-order valence-electron chi connectivity index (χ2n) is 6.50. The van der Waals surface area contributed by atoms with Crippen LogP contribution in [0.25, 0.3) is 0 Å². The van der Waals surface area contributed by atoms with Crippen LogP contribution in [0.5, 0.6) is 0 Å². The van der Waals surface area contributed by atoms with Gasteiger partial charge in [-0.1, -0.05) is 12.1 Å². The SMILES string of the molecule is CCOC(=O)C1=NN(c2ccc([N+](=O)[O-])cc2)C2Nc3ccccc3C(=O)N(C)N12. The molecule has 11 nitrogen and oxygen atoms in total. The number of hydrogen-bond donors (Lipinski definition) is 1. The van der Waals surface area contributed by atoms with Gasteiger partial charge in [0.25, 0.3) is 17.4 Å². The van der Waals surface area contributed by atoms with Gasteiger partial charge in [0.2, 0.25) is 6.29 Å². The first kappa shape index (κ1) is 19.2. The predicted molar refractivity (Wildman–Crippen MR) is 107 cm³/mol. The zero-order valence-electron chi connectivity index (χ0n) is 16.2. The van der Waals surface area contributed by atoms with Crippen LogP contribution in [0.15, 0.2) is 53.6 Å². The van der Waals surface area contributed by atoms with E-state index < -0.39 is 17.2 Å². The molecule has 11 heteroatoms. The van der Waals surface area contributed by atoms with Crippen LogP contribution >= 0.6 is 0 Å². The van der Waals surface area contributed by atoms with E-state index in [1.807, 2.05) is 0 Å². The highest BCUT2D eigenvalue weighted by atomic mass is 16.6. The number of nitrogens with zero attached hydrogens (tertiary/aromatic N) is 5. The zero-order chi connectivity index (χ0) is 21.4. The molecule has 0 bridgehead atoms. The fourth-order valence-electron chi connectivity index (χ4n) is 3.31. The van der Waals surface area contributed by atoms with Crippen LogP contribution in [0.1, 0.15) is 17.3 Å². The molecule has 0 spiro atoms. The summed E-state index contributed by atoms with van der Waals surface area (Å²) in [5.41, 5.74) is 1.41. The van der Waals surface area contributed by atoms with Crippen LogP contribution in [0, 0.1) is 10.1 Å². The number of hydrogen-bond acceptors (Lipinski definition) is 9. The largest absolute Gasteiger partial charge is 0.460 e. The van der Waals surface area contributed by atoms with Crippen LogP contribution in [-0.4, -0.2) is 52.6 Å². The van der Waals surface area contributed by atoms with Gasteiger partial charge in [-0.3, -0.25) is 14.9 Å². The summed E-state index contributed by atoms with van der Waals surface area (Å²) in [6, 6.07) is 12.7. The van der Waals surface area contributed by atoms with Gasteiger partial charge >= 0.3 is 5.97 Å². The number of nitro groups is 1. The van der Waals surface area contributed by atoms with Crippen molar-refractivity contribution in [3.05, 3.63) is 64.2 Å². The maximum atomic E-state index is 13.0. The summed E-state index contributed by atoms with van der Waals surface area (Å²) in [7, 11) is 1.53. The van der Waals surface area contributed by atoms with Crippen LogP contribution < -0.4 is 10.3 Å². The minimum absolute atomic E-state index is 0.0733. The number of ether oxygens (including phenoxy) is 1. The van der Waals surface area contributed by atoms with Gasteiger partial charge in [0.05, 0.1) is 28.5 Å². The number of amides is 1. The molecule has 2 aliphatic heterocycles. The first-order valence-electron chi connectivity index (χ1n) is 9.14. The highest BCUT2D eigenvalue weighted by molar-refractivity contribution is 6.36. The maximum absolute atomic E-state index is 13.0. The summed E-state index contributed by atoms with van der Waals surface area (Å²) in [4.78, 5) is 36.1. The molecular weight excluding hydrogens is 392 g/mol. The lowest BCUT2D eigenvalue weighted by molar-refractivity contribution is -0.384. The molecule has 0 radical (unpaired) electrons. The molecule has 2 aliphatic rings. The molecule has 4 rings (SSSR count). The molecule has 2 aromatic carbocycles. The van der Waals surface area contributed by atoms with Gasteiger partial charge in [-0.15, -0.1) is 5.10 Å². The second kappa shape index (κ2) is 7.35. The monoisotopic (exact) mass is 410 g/mol. The van der Waals surface area contributed by atoms with Gasteiger partial charge in [0, 0.05) is 19.2 Å². The molecule has 2 aromatic rings. The zero-order valence-corrected chi connectivity index (χ0v) is 16.2. The Labute approximate surface area is 171 Å². The molecule has 1 atom stereocenters. The number of rotatable bonds is 4. The lowest BCUT2D eigenvalue weighted by atomic mass is 10.1. The van der Waals surface area contributed by atoms with E-state index in [9.17, 15) is 19.7 Å². The van der Waals surface area contributed by atoms with E-state index in [1.54, 1.807) is 31.2 Å². The van der Waals surface area contributed by atoms with Crippen molar-refractivity contribution in [3.63, 3.8) is 0 Å². The van der Waals surface area contributed by atoms with E-state index in [1.165, 1.54) is 46.3 Å². The van der Waals surface area contributed by atoms with Gasteiger partial charge in [-0.05, 0) is 31.2 Å². The molecule has 1 unspecified atom stereocenters. The Bertz CT molecular complexity index is 1050. The van der Waals surface area contributed by atoms with Crippen molar-refractivity contribution in [2.45, 2.75) is 13.2 Å². The quantitative estimate of drug-likeness (QED) is 0.462. The fraction of sp³-hybridized carbons (Fsp3) is 0.211. The highest BCUT2D eigenvalue weighted by Crippen LogP contribution is 2.33. The summed E-state index contributed by atoms with van der Waals surface area (Å²) < 4.78 is 5.12. The van der Waals surface area contributed by atoms with E-state index in [0.717, 1.165) is 0 Å². The standard InChI is InChI=1S/C19H18N6O5/c1-3-30-18(27)16-21-23(12-8-10-13(11-9-12)25(28)29)19-20-15-7-5-4-6-14(15)17(26)22(2)24(16)19/h4-11,19-20H,3H2,1-2H3. The van der Waals surface area contributed by atoms with E-state index >= 15 is 0 Å². The van der Waals surface area contributed by atoms with Crippen LogP contribution in [0.2, 0.25) is 0 Å². The number of hydrazone groups is 1. The van der Waals surface area contributed by atoms with Gasteiger partial charge in [-0.2, -0.15) is 0 Å². The van der Waals surface area contributed by atoms with Crippen molar-refractivity contribution in [2.75, 3.05) is 24.0 Å². The van der Waals surface area contributed by atoms with Gasteiger partial charge < -0.3 is 10.1 Å². The Morgan fingerprint density at radius 3 is 2.60 bits per heavy atom. The molecule has 30 heavy (non-hydrogen) atoms. The second-order valence-corrected chi connectivity index (χ2v) is 6.50. The molecule has 2 heterocycles. The molecule has 0 saturated heterocycles. The molecule has 1 N–H and O–H groups in total. The van der Waals surface area contributed by atoms with Crippen LogP contribution in [-0.2, 0) is 9.53 Å². The maximum Gasteiger partial charge on any atom is 0.377 e. The lowest BCUT2D eigenvalue weighted by Crippen LogP contribution is -2.56. The number of nitro benzene ring substituents is 1. The third kappa shape index (κ3) is 3.05. The molecule has 0 aromatic heterocycles. The number of carbonyl (C=O) groups excluding carboxylic acids is 2. The van der Waals surface area contributed by atoms with Crippen molar-refractivity contribution in [3.8, 4) is 0 Å². The Balaban J connectivity index is 1.81. The summed E-state index contributed by atoms with van der Waals surface area (Å²) in [5, 5.41) is 22.7. The number of esters is 1. The molecule has 0 aliphatic carbocycles. The minimum Gasteiger partial charge on any atom is -0.460 e. The highest BCUT2D eigenvalue weighted by Gasteiger charge is 2.45. The third-order valence-corrected chi connectivity index (χ3v) is 4.73. The number of para-hydroxylation sites is 1. The van der Waals surface area contributed by atoms with E-state index in [2.05, 4.69) is 10.4 Å². The van der Waals surface area contributed by atoms with Crippen molar-refractivity contribution >= 4 is 34.8 Å². The Hall–Kier alpha value is -4.15. The summed E-state index contributed by atoms with van der Waals surface area (Å²) in [5.74, 6) is -1.11. The normalized spacial score (nSPS) is 17.5. The Kier molecular flexibility index (Phi) is 4.70. The first-order chi connectivity index (χ1) is 14.4. The number of carbonyl (C=O) groups is 2. The topological polar surface area (TPSA) is 121 Å². The van der Waals surface area contributed by atoms with Crippen molar-refractivity contribution in [1.29, 1.82) is 0 Å². The lowest BCUT2D eigenvalue weighted by Gasteiger charge is -2.34. The van der Waals surface area contributed by atoms with Crippen LogP contribution in [0.3, 0.4) is 0 Å². The van der Waals surface area contributed by atoms with Gasteiger partial charge in [0.15, 0.2) is 0 Å². The third-order valence-electron chi connectivity index (χ3n) is 4.73. The first-order valence-corrected chi connectivity index (χ1v) is 9.14. The molecule has 154 valence electrons. The summed E-state index contributed by atoms with van der Waals surface area (Å²) in [6.07, 6.45) is -0.775. The average Bonchev–Trinajstić information content (AvgIpc) is 3.07. The van der Waals surface area contributed by atoms with E-state index in [-0.39, 0.29) is 24.0 Å². The molecule has 1 amide bonds. The van der Waals surface area contributed by atoms with Crippen molar-refractivity contribution < 1.29 is 19.2 Å². The molecule has 0 saturated carbocycles. The smallest absolute Gasteiger partial charge is 0.377 e. The van der Waals surface area contributed by atoms with Gasteiger partial charge in [0.1, 0.15) is 0 Å². The summed E-state index contributed by atoms with van der Waals surface area (Å²) >= 11 is 0. The number of non-ortho nitro benzene ring substituents is 1. The number of benzene rings is 2. The van der Waals surface area contributed by atoms with Gasteiger partial charge in [-0.25, -0.2) is 19.8 Å². The molecule has 0 fully saturated rings. The molecular formula is C19H18N6O5. The van der Waals surface area contributed by atoms with Crippen molar-refractivity contribution in [2.24, 2.45) is 5.10 Å². The number of anilines is 2. The van der Waals surface area contributed by atoms with E-state index in [4.69, 9.17) is 4.74 Å². The Morgan fingerprint density at radius 2 is 1.93 bits per heavy atom. The number of amidine groups is 1. The Morgan fingerprint density at radius 1 is 1.23 bits per heavy atom. The minimum atomic E-state index is -0.775. The number of nitrogens with one attached hydrogen (secondary N) is 1. The summed E-state index contributed by atoms with van der Waals surface area (Å²) in [6.45, 7) is 1.81. The number of hydrazine groups is 1. The van der Waals surface area contributed by atoms with Crippen molar-refractivity contribution in [1.82, 2.24) is 10.0 Å².